The molecule has 4 N–H and O–H groups in total. The molecule has 33 heavy (non-hydrogen) atoms. The van der Waals surface area contributed by atoms with E-state index in [0.29, 0.717) is 17.6 Å². The van der Waals surface area contributed by atoms with E-state index in [2.05, 4.69) is 34.8 Å². The number of anilines is 1. The number of nitrogens with one attached hydrogen (secondary N) is 2. The molecule has 1 unspecified atom stereocenters. The third kappa shape index (κ3) is 5.77. The predicted octanol–water partition coefficient (Wildman–Crippen LogP) is 4.21. The van der Waals surface area contributed by atoms with Crippen LogP contribution in [0.4, 0.5) is 5.69 Å². The first-order valence-electron chi connectivity index (χ1n) is 11.3. The fraction of sp³-hybridized carbons (Fsp3) is 0.360. The highest BCUT2D eigenvalue weighted by molar-refractivity contribution is 5.99. The van der Waals surface area contributed by atoms with Gasteiger partial charge in [0.05, 0.1) is 0 Å². The molecule has 1 heterocycles. The topological polar surface area (TPSA) is 112 Å². The molecule has 0 aliphatic carbocycles. The van der Waals surface area contributed by atoms with Crippen molar-refractivity contribution in [3.05, 3.63) is 59.2 Å². The Labute approximate surface area is 194 Å². The second-order valence-electron chi connectivity index (χ2n) is 8.02. The zero-order valence-electron chi connectivity index (χ0n) is 19.5. The summed E-state index contributed by atoms with van der Waals surface area (Å²) in [6.45, 7) is 5.58. The van der Waals surface area contributed by atoms with E-state index in [1.54, 1.807) is 19.2 Å². The monoisotopic (exact) mass is 448 g/mol. The summed E-state index contributed by atoms with van der Waals surface area (Å²) in [7, 11) is 1.61. The van der Waals surface area contributed by atoms with Gasteiger partial charge in [-0.25, -0.2) is 0 Å². The third-order valence-electron chi connectivity index (χ3n) is 5.58. The van der Waals surface area contributed by atoms with Gasteiger partial charge in [-0.3, -0.25) is 9.59 Å². The van der Waals surface area contributed by atoms with E-state index < -0.39 is 6.17 Å². The number of hydrogen-bond acceptors (Lipinski definition) is 5. The highest BCUT2D eigenvalue weighted by atomic mass is 16.2. The number of carbonyl (C=O) groups excluding carboxylic acids is 2. The van der Waals surface area contributed by atoms with Crippen LogP contribution in [0, 0.1) is 0 Å². The molecule has 2 aromatic carbocycles. The molecule has 2 amide bonds. The number of carbonyl (C=O) groups is 2. The van der Waals surface area contributed by atoms with Crippen LogP contribution in [0.3, 0.4) is 0 Å². The molecule has 2 aromatic rings. The predicted molar refractivity (Wildman–Crippen MR) is 131 cm³/mol. The maximum absolute atomic E-state index is 13.3. The summed E-state index contributed by atoms with van der Waals surface area (Å²) in [5.74, 6) is 5.25. The van der Waals surface area contributed by atoms with Crippen LogP contribution in [0.5, 0.6) is 0 Å². The van der Waals surface area contributed by atoms with Gasteiger partial charge in [-0.2, -0.15) is 0 Å². The van der Waals surface area contributed by atoms with Gasteiger partial charge < -0.3 is 21.4 Å². The summed E-state index contributed by atoms with van der Waals surface area (Å²) in [5.41, 5.74) is 5.00. The molecule has 0 bridgehead atoms. The lowest BCUT2D eigenvalue weighted by atomic mass is 10.00. The molecular weight excluding hydrogens is 416 g/mol. The van der Waals surface area contributed by atoms with Crippen LogP contribution < -0.4 is 16.5 Å². The maximum atomic E-state index is 13.3. The van der Waals surface area contributed by atoms with E-state index in [1.165, 1.54) is 0 Å². The zero-order valence-corrected chi connectivity index (χ0v) is 19.5. The Morgan fingerprint density at radius 2 is 1.76 bits per heavy atom. The second-order valence-corrected chi connectivity index (χ2v) is 8.02. The van der Waals surface area contributed by atoms with Crippen molar-refractivity contribution in [2.45, 2.75) is 39.3 Å². The van der Waals surface area contributed by atoms with Gasteiger partial charge in [0.15, 0.2) is 0 Å². The maximum Gasteiger partial charge on any atom is 0.251 e. The third-order valence-corrected chi connectivity index (χ3v) is 5.58. The first kappa shape index (κ1) is 24.0. The zero-order chi connectivity index (χ0) is 23.8. The minimum atomic E-state index is -0.442. The number of fused-ring (bicyclic) bond motifs is 1. The highest BCUT2D eigenvalue weighted by Crippen LogP contribution is 2.32. The standard InChI is InChI=1S/C25H32N6O2/c1-4-12-31(13-5-2)25(33)21-14-20-11-10-19(15-22(20)28-23(16-21)29-30-26)17-6-8-18(9-7-17)24(32)27-3/h6-11,14-15,23,28H,4-5,12-13,16H2,1-3H3,(H2,26,29)(H,27,32). The summed E-state index contributed by atoms with van der Waals surface area (Å²) >= 11 is 0. The summed E-state index contributed by atoms with van der Waals surface area (Å²) < 4.78 is 0. The molecule has 0 saturated heterocycles. The molecule has 0 spiro atoms. The smallest absolute Gasteiger partial charge is 0.251 e. The summed E-state index contributed by atoms with van der Waals surface area (Å²) in [6, 6.07) is 13.4. The fourth-order valence-electron chi connectivity index (χ4n) is 3.99. The van der Waals surface area contributed by atoms with Crippen LogP contribution in [0.15, 0.2) is 58.4 Å². The van der Waals surface area contributed by atoms with Crippen molar-refractivity contribution >= 4 is 23.6 Å². The van der Waals surface area contributed by atoms with Crippen molar-refractivity contribution in [3.8, 4) is 11.1 Å². The summed E-state index contributed by atoms with van der Waals surface area (Å²) in [4.78, 5) is 27.0. The lowest BCUT2D eigenvalue weighted by molar-refractivity contribution is -0.127. The number of amides is 2. The van der Waals surface area contributed by atoms with E-state index in [9.17, 15) is 9.59 Å². The average molecular weight is 449 g/mol. The van der Waals surface area contributed by atoms with Crippen LogP contribution in [0.2, 0.25) is 0 Å². The molecule has 174 valence electrons. The minimum absolute atomic E-state index is 0.0273. The lowest BCUT2D eigenvalue weighted by Gasteiger charge is -2.23. The molecule has 1 aliphatic rings. The summed E-state index contributed by atoms with van der Waals surface area (Å²) in [6.07, 6.45) is 3.70. The van der Waals surface area contributed by atoms with E-state index in [0.717, 1.165) is 48.3 Å². The van der Waals surface area contributed by atoms with Crippen molar-refractivity contribution in [2.75, 3.05) is 25.5 Å². The molecular formula is C25H32N6O2. The van der Waals surface area contributed by atoms with Crippen molar-refractivity contribution in [1.82, 2.24) is 10.2 Å². The first-order chi connectivity index (χ1) is 16.0. The molecule has 0 aromatic heterocycles. The Hall–Kier alpha value is -3.68. The van der Waals surface area contributed by atoms with Crippen LogP contribution in [0.25, 0.3) is 17.2 Å². The van der Waals surface area contributed by atoms with Crippen molar-refractivity contribution in [1.29, 1.82) is 0 Å². The SMILES string of the molecule is CCCN(CCC)C(=O)C1=Cc2ccc(-c3ccc(C(=O)NC)cc3)cc2NC(N=NN)C1. The largest absolute Gasteiger partial charge is 0.361 e. The Morgan fingerprint density at radius 3 is 2.36 bits per heavy atom. The second kappa shape index (κ2) is 11.3. The molecule has 0 radical (unpaired) electrons. The molecule has 8 heteroatoms. The van der Waals surface area contributed by atoms with E-state index in [1.807, 2.05) is 41.3 Å². The van der Waals surface area contributed by atoms with Gasteiger partial charge in [0.25, 0.3) is 5.91 Å². The van der Waals surface area contributed by atoms with Crippen molar-refractivity contribution < 1.29 is 9.59 Å². The number of nitrogens with two attached hydrogens (primary N) is 1. The van der Waals surface area contributed by atoms with E-state index >= 15 is 0 Å². The van der Waals surface area contributed by atoms with Crippen LogP contribution in [-0.2, 0) is 4.79 Å². The van der Waals surface area contributed by atoms with Crippen LogP contribution in [0.1, 0.15) is 49.0 Å². The molecule has 3 rings (SSSR count). The Bertz CT molecular complexity index is 1040. The van der Waals surface area contributed by atoms with Gasteiger partial charge in [-0.1, -0.05) is 43.3 Å². The van der Waals surface area contributed by atoms with Gasteiger partial charge in [0, 0.05) is 43.4 Å². The highest BCUT2D eigenvalue weighted by Gasteiger charge is 2.24. The fourth-order valence-corrected chi connectivity index (χ4v) is 3.99. The lowest BCUT2D eigenvalue weighted by Crippen LogP contribution is -2.34. The number of benzene rings is 2. The van der Waals surface area contributed by atoms with E-state index in [4.69, 9.17) is 5.84 Å². The first-order valence-corrected chi connectivity index (χ1v) is 11.3. The summed E-state index contributed by atoms with van der Waals surface area (Å²) in [5, 5.41) is 13.6. The van der Waals surface area contributed by atoms with Crippen LogP contribution in [-0.4, -0.2) is 43.0 Å². The normalized spacial score (nSPS) is 15.2. The molecule has 1 atom stereocenters. The Balaban J connectivity index is 1.96. The molecule has 0 saturated carbocycles. The van der Waals surface area contributed by atoms with Crippen molar-refractivity contribution in [2.24, 2.45) is 16.2 Å². The Morgan fingerprint density at radius 1 is 1.09 bits per heavy atom. The van der Waals surface area contributed by atoms with Gasteiger partial charge in [-0.15, -0.1) is 5.11 Å². The van der Waals surface area contributed by atoms with Gasteiger partial charge in [-0.05, 0) is 53.8 Å². The quantitative estimate of drug-likeness (QED) is 0.319. The van der Waals surface area contributed by atoms with E-state index in [-0.39, 0.29) is 11.8 Å². The Kier molecular flexibility index (Phi) is 8.18. The van der Waals surface area contributed by atoms with Gasteiger partial charge in [0.2, 0.25) is 5.91 Å². The molecule has 0 fully saturated rings. The number of nitrogens with zero attached hydrogens (tertiary/aromatic N) is 3. The molecule has 8 nitrogen and oxygen atoms in total. The minimum Gasteiger partial charge on any atom is -0.361 e. The molecule has 1 aliphatic heterocycles. The van der Waals surface area contributed by atoms with Gasteiger partial charge in [0.1, 0.15) is 6.17 Å². The van der Waals surface area contributed by atoms with Gasteiger partial charge >= 0.3 is 0 Å². The van der Waals surface area contributed by atoms with Crippen LogP contribution >= 0.6 is 0 Å². The number of hydrogen-bond donors (Lipinski definition) is 3. The average Bonchev–Trinajstić information content (AvgIpc) is 3.02. The van der Waals surface area contributed by atoms with Crippen molar-refractivity contribution in [3.63, 3.8) is 0 Å². The number of rotatable bonds is 8.